The minimum atomic E-state index is -0.222. The molecule has 0 saturated carbocycles. The molecule has 4 heteroatoms. The number of rotatable bonds is 4. The first-order valence-electron chi connectivity index (χ1n) is 4.30. The van der Waals surface area contributed by atoms with Gasteiger partial charge in [-0.15, -0.1) is 0 Å². The van der Waals surface area contributed by atoms with Crippen LogP contribution in [0.1, 0.15) is 19.8 Å². The number of hydrogen-bond acceptors (Lipinski definition) is 3. The summed E-state index contributed by atoms with van der Waals surface area (Å²) in [7, 11) is 0. The Morgan fingerprint density at radius 2 is 2.50 bits per heavy atom. The molecule has 0 aliphatic carbocycles. The molecule has 1 aliphatic heterocycles. The molecule has 0 radical (unpaired) electrons. The van der Waals surface area contributed by atoms with Gasteiger partial charge in [0.1, 0.15) is 6.61 Å². The third-order valence-electron chi connectivity index (χ3n) is 2.10. The molecule has 1 N–H and O–H groups in total. The molecule has 1 aliphatic rings. The highest BCUT2D eigenvalue weighted by Gasteiger charge is 2.26. The van der Waals surface area contributed by atoms with E-state index in [1.807, 2.05) is 6.92 Å². The molecule has 70 valence electrons. The van der Waals surface area contributed by atoms with Crippen molar-refractivity contribution >= 4 is 6.09 Å². The van der Waals surface area contributed by atoms with Gasteiger partial charge in [0.05, 0.1) is 6.54 Å². The molecule has 1 rings (SSSR count). The third kappa shape index (κ3) is 2.11. The molecule has 4 nitrogen and oxygen atoms in total. The summed E-state index contributed by atoms with van der Waals surface area (Å²) in [5, 5.41) is 8.59. The maximum Gasteiger partial charge on any atom is 0.410 e. The second-order valence-corrected chi connectivity index (χ2v) is 3.02. The van der Waals surface area contributed by atoms with Gasteiger partial charge in [0, 0.05) is 12.6 Å². The molecule has 0 bridgehead atoms. The fraction of sp³-hybridized carbons (Fsp3) is 0.875. The van der Waals surface area contributed by atoms with Gasteiger partial charge in [0.25, 0.3) is 0 Å². The lowest BCUT2D eigenvalue weighted by Crippen LogP contribution is -2.33. The molecular formula is C8H15NO3. The van der Waals surface area contributed by atoms with Crippen LogP contribution >= 0.6 is 0 Å². The number of carbonyl (C=O) groups is 1. The number of amides is 1. The van der Waals surface area contributed by atoms with Gasteiger partial charge in [-0.05, 0) is 19.8 Å². The van der Waals surface area contributed by atoms with Gasteiger partial charge in [0.2, 0.25) is 0 Å². The number of carbonyl (C=O) groups excluding carboxylic acids is 1. The monoisotopic (exact) mass is 173 g/mol. The first kappa shape index (κ1) is 9.32. The first-order valence-corrected chi connectivity index (χ1v) is 4.30. The quantitative estimate of drug-likeness (QED) is 0.677. The lowest BCUT2D eigenvalue weighted by Gasteiger charge is -2.20. The molecular weight excluding hydrogens is 158 g/mol. The largest absolute Gasteiger partial charge is 0.448 e. The minimum Gasteiger partial charge on any atom is -0.448 e. The van der Waals surface area contributed by atoms with Crippen molar-refractivity contribution in [2.24, 2.45) is 0 Å². The zero-order valence-electron chi connectivity index (χ0n) is 7.32. The number of aliphatic hydroxyl groups is 1. The van der Waals surface area contributed by atoms with E-state index in [0.29, 0.717) is 13.2 Å². The van der Waals surface area contributed by atoms with Gasteiger partial charge in [0.15, 0.2) is 0 Å². The molecule has 1 unspecified atom stereocenters. The van der Waals surface area contributed by atoms with Crippen molar-refractivity contribution < 1.29 is 14.6 Å². The molecule has 1 atom stereocenters. The van der Waals surface area contributed by atoms with Crippen LogP contribution in [0.25, 0.3) is 0 Å². The zero-order valence-corrected chi connectivity index (χ0v) is 7.32. The SMILES string of the molecule is CC(CCCO)N1CCOC1=O. The molecule has 1 amide bonds. The normalized spacial score (nSPS) is 19.5. The van der Waals surface area contributed by atoms with Crippen LogP contribution in [0.2, 0.25) is 0 Å². The van der Waals surface area contributed by atoms with E-state index in [2.05, 4.69) is 0 Å². The highest BCUT2D eigenvalue weighted by atomic mass is 16.6. The van der Waals surface area contributed by atoms with Crippen molar-refractivity contribution in [3.63, 3.8) is 0 Å². The second-order valence-electron chi connectivity index (χ2n) is 3.02. The molecule has 0 aromatic rings. The summed E-state index contributed by atoms with van der Waals surface area (Å²) in [6.45, 7) is 3.35. The minimum absolute atomic E-state index is 0.187. The fourth-order valence-corrected chi connectivity index (χ4v) is 1.35. The Morgan fingerprint density at radius 1 is 1.75 bits per heavy atom. The van der Waals surface area contributed by atoms with E-state index >= 15 is 0 Å². The summed E-state index contributed by atoms with van der Waals surface area (Å²) in [4.78, 5) is 12.7. The summed E-state index contributed by atoms with van der Waals surface area (Å²) in [6, 6.07) is 0.187. The third-order valence-corrected chi connectivity index (χ3v) is 2.10. The van der Waals surface area contributed by atoms with E-state index in [-0.39, 0.29) is 18.7 Å². The van der Waals surface area contributed by atoms with Crippen molar-refractivity contribution in [1.29, 1.82) is 0 Å². The van der Waals surface area contributed by atoms with Crippen molar-refractivity contribution in [1.82, 2.24) is 4.90 Å². The van der Waals surface area contributed by atoms with Gasteiger partial charge in [-0.3, -0.25) is 0 Å². The average molecular weight is 173 g/mol. The molecule has 1 saturated heterocycles. The van der Waals surface area contributed by atoms with Gasteiger partial charge in [-0.1, -0.05) is 0 Å². The number of hydrogen-bond donors (Lipinski definition) is 1. The fourth-order valence-electron chi connectivity index (χ4n) is 1.35. The highest BCUT2D eigenvalue weighted by molar-refractivity contribution is 5.69. The summed E-state index contributed by atoms with van der Waals surface area (Å²) >= 11 is 0. The van der Waals surface area contributed by atoms with Crippen molar-refractivity contribution in [3.05, 3.63) is 0 Å². The smallest absolute Gasteiger partial charge is 0.410 e. The summed E-state index contributed by atoms with van der Waals surface area (Å²) < 4.78 is 4.79. The Labute approximate surface area is 72.1 Å². The van der Waals surface area contributed by atoms with Crippen LogP contribution in [-0.2, 0) is 4.74 Å². The zero-order chi connectivity index (χ0) is 8.97. The van der Waals surface area contributed by atoms with Gasteiger partial charge >= 0.3 is 6.09 Å². The first-order chi connectivity index (χ1) is 5.75. The van der Waals surface area contributed by atoms with Gasteiger partial charge in [-0.2, -0.15) is 0 Å². The lowest BCUT2D eigenvalue weighted by molar-refractivity contribution is 0.146. The van der Waals surface area contributed by atoms with Crippen molar-refractivity contribution in [3.8, 4) is 0 Å². The molecule has 1 fully saturated rings. The van der Waals surface area contributed by atoms with Gasteiger partial charge < -0.3 is 14.7 Å². The van der Waals surface area contributed by atoms with Crippen LogP contribution in [-0.4, -0.2) is 41.9 Å². The average Bonchev–Trinajstić information content (AvgIpc) is 2.47. The van der Waals surface area contributed by atoms with Crippen LogP contribution in [0.5, 0.6) is 0 Å². The van der Waals surface area contributed by atoms with Crippen LogP contribution in [0.15, 0.2) is 0 Å². The maximum absolute atomic E-state index is 11.0. The van der Waals surface area contributed by atoms with Crippen LogP contribution in [0, 0.1) is 0 Å². The van der Waals surface area contributed by atoms with E-state index in [1.54, 1.807) is 4.90 Å². The predicted octanol–water partition coefficient (Wildman–Crippen LogP) is 0.600. The number of nitrogens with zero attached hydrogens (tertiary/aromatic N) is 1. The summed E-state index contributed by atoms with van der Waals surface area (Å²) in [6.07, 6.45) is 1.36. The Bertz CT molecular complexity index is 160. The molecule has 1 heterocycles. The van der Waals surface area contributed by atoms with E-state index < -0.39 is 0 Å². The van der Waals surface area contributed by atoms with E-state index in [9.17, 15) is 4.79 Å². The molecule has 0 aromatic carbocycles. The molecule has 12 heavy (non-hydrogen) atoms. The number of aliphatic hydroxyl groups excluding tert-OH is 1. The Morgan fingerprint density at radius 3 is 3.00 bits per heavy atom. The standard InChI is InChI=1S/C8H15NO3/c1-7(3-2-5-10)9-4-6-12-8(9)11/h7,10H,2-6H2,1H3. The predicted molar refractivity (Wildman–Crippen MR) is 43.8 cm³/mol. The van der Waals surface area contributed by atoms with E-state index in [4.69, 9.17) is 9.84 Å². The Balaban J connectivity index is 2.30. The van der Waals surface area contributed by atoms with E-state index in [0.717, 1.165) is 12.8 Å². The van der Waals surface area contributed by atoms with Crippen molar-refractivity contribution in [2.75, 3.05) is 19.8 Å². The van der Waals surface area contributed by atoms with Crippen molar-refractivity contribution in [2.45, 2.75) is 25.8 Å². The van der Waals surface area contributed by atoms with Gasteiger partial charge in [-0.25, -0.2) is 4.79 Å². The Hall–Kier alpha value is -0.770. The summed E-state index contributed by atoms with van der Waals surface area (Å²) in [5.41, 5.74) is 0. The van der Waals surface area contributed by atoms with Crippen LogP contribution in [0.4, 0.5) is 4.79 Å². The number of ether oxygens (including phenoxy) is 1. The Kier molecular flexibility index (Phi) is 3.34. The van der Waals surface area contributed by atoms with Crippen LogP contribution in [0.3, 0.4) is 0 Å². The second kappa shape index (κ2) is 4.30. The number of cyclic esters (lactones) is 1. The molecule has 0 spiro atoms. The topological polar surface area (TPSA) is 49.8 Å². The lowest BCUT2D eigenvalue weighted by atomic mass is 10.2. The van der Waals surface area contributed by atoms with E-state index in [1.165, 1.54) is 0 Å². The summed E-state index contributed by atoms with van der Waals surface area (Å²) in [5.74, 6) is 0. The highest BCUT2D eigenvalue weighted by Crippen LogP contribution is 2.12. The maximum atomic E-state index is 11.0. The van der Waals surface area contributed by atoms with Crippen LogP contribution < -0.4 is 0 Å². The molecule has 0 aromatic heterocycles.